The van der Waals surface area contributed by atoms with Gasteiger partial charge in [0.15, 0.2) is 0 Å². The van der Waals surface area contributed by atoms with Gasteiger partial charge in [0, 0.05) is 12.2 Å². The van der Waals surface area contributed by atoms with Gasteiger partial charge in [-0.1, -0.05) is 30.3 Å². The molecule has 128 valence electrons. The lowest BCUT2D eigenvalue weighted by Crippen LogP contribution is -2.38. The fraction of sp³-hybridized carbons (Fsp3) is 0.211. The number of carboxylic acid groups (broad SMARTS) is 1. The van der Waals surface area contributed by atoms with Crippen molar-refractivity contribution in [3.05, 3.63) is 65.2 Å². The number of carbonyl (C=O) groups is 2. The van der Waals surface area contributed by atoms with E-state index < -0.39 is 5.97 Å². The molecule has 2 aromatic carbocycles. The summed E-state index contributed by atoms with van der Waals surface area (Å²) in [7, 11) is 0. The first kappa shape index (κ1) is 16.7. The normalized spacial score (nSPS) is 13.5. The summed E-state index contributed by atoms with van der Waals surface area (Å²) in [5.74, 6) is -1.16. The number of nitrogens with zero attached hydrogens (tertiary/aromatic N) is 2. The number of hydrogen-bond donors (Lipinski definition) is 2. The number of nitrogens with one attached hydrogen (secondary N) is 1. The van der Waals surface area contributed by atoms with Gasteiger partial charge >= 0.3 is 5.97 Å². The van der Waals surface area contributed by atoms with Gasteiger partial charge in [-0.2, -0.15) is 5.10 Å². The molecule has 0 aliphatic carbocycles. The van der Waals surface area contributed by atoms with Gasteiger partial charge in [0.25, 0.3) is 5.91 Å². The molecular formula is C19H19N3O3. The molecule has 2 N–H and O–H groups in total. The van der Waals surface area contributed by atoms with Gasteiger partial charge in [0.05, 0.1) is 18.3 Å². The molecular weight excluding hydrogens is 318 g/mol. The first-order chi connectivity index (χ1) is 12.1. The molecule has 3 rings (SSSR count). The van der Waals surface area contributed by atoms with Crippen molar-refractivity contribution in [2.75, 3.05) is 18.0 Å². The predicted molar refractivity (Wildman–Crippen MR) is 96.1 cm³/mol. The number of para-hydroxylation sites is 1. The van der Waals surface area contributed by atoms with Crippen molar-refractivity contribution >= 4 is 23.8 Å². The Morgan fingerprint density at radius 3 is 2.68 bits per heavy atom. The first-order valence-corrected chi connectivity index (χ1v) is 8.11. The van der Waals surface area contributed by atoms with Crippen LogP contribution in [-0.4, -0.2) is 36.3 Å². The lowest BCUT2D eigenvalue weighted by molar-refractivity contribution is -0.119. The summed E-state index contributed by atoms with van der Waals surface area (Å²) in [4.78, 5) is 25.0. The Morgan fingerprint density at radius 1 is 1.16 bits per heavy atom. The van der Waals surface area contributed by atoms with E-state index >= 15 is 0 Å². The van der Waals surface area contributed by atoms with Crippen LogP contribution in [0, 0.1) is 0 Å². The van der Waals surface area contributed by atoms with E-state index in [0.717, 1.165) is 25.1 Å². The maximum absolute atomic E-state index is 12.1. The van der Waals surface area contributed by atoms with Gasteiger partial charge in [-0.05, 0) is 42.2 Å². The third-order valence-corrected chi connectivity index (χ3v) is 4.10. The molecule has 0 atom stereocenters. The van der Waals surface area contributed by atoms with E-state index in [2.05, 4.69) is 21.5 Å². The Hall–Kier alpha value is -3.15. The summed E-state index contributed by atoms with van der Waals surface area (Å²) in [6, 6.07) is 14.4. The number of carboxylic acids is 1. The average Bonchev–Trinajstić information content (AvgIpc) is 2.62. The van der Waals surface area contributed by atoms with Crippen LogP contribution >= 0.6 is 0 Å². The molecule has 0 spiro atoms. The second-order valence-electron chi connectivity index (χ2n) is 5.87. The van der Waals surface area contributed by atoms with Crippen molar-refractivity contribution in [2.45, 2.75) is 12.8 Å². The van der Waals surface area contributed by atoms with Crippen LogP contribution in [0.4, 0.5) is 5.69 Å². The topological polar surface area (TPSA) is 82.0 Å². The van der Waals surface area contributed by atoms with Gasteiger partial charge in [0.2, 0.25) is 0 Å². The molecule has 1 aliphatic heterocycles. The predicted octanol–water partition coefficient (Wildman–Crippen LogP) is 2.29. The highest BCUT2D eigenvalue weighted by atomic mass is 16.4. The minimum atomic E-state index is -0.974. The van der Waals surface area contributed by atoms with Crippen LogP contribution < -0.4 is 10.3 Å². The molecule has 6 heteroatoms. The minimum Gasteiger partial charge on any atom is -0.478 e. The smallest absolute Gasteiger partial charge is 0.335 e. The van der Waals surface area contributed by atoms with Crippen LogP contribution in [-0.2, 0) is 11.2 Å². The Morgan fingerprint density at radius 2 is 1.92 bits per heavy atom. The van der Waals surface area contributed by atoms with E-state index in [-0.39, 0.29) is 18.0 Å². The van der Waals surface area contributed by atoms with Crippen molar-refractivity contribution in [1.29, 1.82) is 0 Å². The number of carbonyl (C=O) groups excluding carboxylic acids is 1. The fourth-order valence-electron chi connectivity index (χ4n) is 2.88. The van der Waals surface area contributed by atoms with Crippen molar-refractivity contribution in [1.82, 2.24) is 5.43 Å². The van der Waals surface area contributed by atoms with Crippen LogP contribution in [0.3, 0.4) is 0 Å². The zero-order valence-electron chi connectivity index (χ0n) is 13.7. The Bertz CT molecular complexity index is 800. The number of fused-ring (bicyclic) bond motifs is 1. The van der Waals surface area contributed by atoms with Crippen LogP contribution in [0.25, 0.3) is 0 Å². The summed E-state index contributed by atoms with van der Waals surface area (Å²) in [5.41, 5.74) is 5.82. The maximum atomic E-state index is 12.1. The van der Waals surface area contributed by atoms with Gasteiger partial charge in [0.1, 0.15) is 0 Å². The highest BCUT2D eigenvalue weighted by molar-refractivity contribution is 5.89. The number of benzene rings is 2. The lowest BCUT2D eigenvalue weighted by atomic mass is 10.0. The minimum absolute atomic E-state index is 0.185. The van der Waals surface area contributed by atoms with E-state index in [1.165, 1.54) is 23.9 Å². The second kappa shape index (κ2) is 7.61. The zero-order chi connectivity index (χ0) is 17.6. The number of aromatic carboxylic acids is 1. The molecule has 0 bridgehead atoms. The summed E-state index contributed by atoms with van der Waals surface area (Å²) in [5, 5.41) is 12.8. The quantitative estimate of drug-likeness (QED) is 0.648. The van der Waals surface area contributed by atoms with Crippen LogP contribution in [0.15, 0.2) is 53.6 Å². The zero-order valence-corrected chi connectivity index (χ0v) is 13.7. The fourth-order valence-corrected chi connectivity index (χ4v) is 2.88. The van der Waals surface area contributed by atoms with Gasteiger partial charge < -0.3 is 10.0 Å². The third kappa shape index (κ3) is 4.23. The third-order valence-electron chi connectivity index (χ3n) is 4.10. The van der Waals surface area contributed by atoms with Crippen molar-refractivity contribution in [3.8, 4) is 0 Å². The van der Waals surface area contributed by atoms with Crippen molar-refractivity contribution < 1.29 is 14.7 Å². The van der Waals surface area contributed by atoms with Gasteiger partial charge in [-0.3, -0.25) is 4.79 Å². The van der Waals surface area contributed by atoms with Gasteiger partial charge in [-0.15, -0.1) is 0 Å². The molecule has 2 aromatic rings. The highest BCUT2D eigenvalue weighted by Gasteiger charge is 2.18. The monoisotopic (exact) mass is 337 g/mol. The number of hydrazone groups is 1. The number of hydrogen-bond acceptors (Lipinski definition) is 4. The van der Waals surface area contributed by atoms with Crippen molar-refractivity contribution in [3.63, 3.8) is 0 Å². The standard InChI is InChI=1S/C19H19N3O3/c23-18(13-22-11-3-5-15-4-1-2-6-17(15)22)21-20-12-14-7-9-16(10-8-14)19(24)25/h1-2,4,6-10,12H,3,5,11,13H2,(H,21,23)(H,24,25). The summed E-state index contributed by atoms with van der Waals surface area (Å²) in [6.07, 6.45) is 3.57. The Balaban J connectivity index is 1.56. The number of rotatable bonds is 5. The molecule has 6 nitrogen and oxygen atoms in total. The molecule has 1 heterocycles. The largest absolute Gasteiger partial charge is 0.478 e. The van der Waals surface area contributed by atoms with E-state index in [9.17, 15) is 9.59 Å². The van der Waals surface area contributed by atoms with Gasteiger partial charge in [-0.25, -0.2) is 10.2 Å². The molecule has 0 saturated carbocycles. The summed E-state index contributed by atoms with van der Waals surface area (Å²) < 4.78 is 0. The van der Waals surface area contributed by atoms with E-state index in [0.29, 0.717) is 5.56 Å². The molecule has 1 amide bonds. The molecule has 0 radical (unpaired) electrons. The number of anilines is 1. The lowest BCUT2D eigenvalue weighted by Gasteiger charge is -2.30. The van der Waals surface area contributed by atoms with E-state index in [1.807, 2.05) is 18.2 Å². The molecule has 1 aliphatic rings. The molecule has 0 fully saturated rings. The van der Waals surface area contributed by atoms with Crippen LogP contribution in [0.2, 0.25) is 0 Å². The number of amides is 1. The van der Waals surface area contributed by atoms with Crippen molar-refractivity contribution in [2.24, 2.45) is 5.10 Å². The summed E-state index contributed by atoms with van der Waals surface area (Å²) in [6.45, 7) is 1.11. The average molecular weight is 337 g/mol. The number of aryl methyl sites for hydroxylation is 1. The van der Waals surface area contributed by atoms with E-state index in [1.54, 1.807) is 12.1 Å². The Labute approximate surface area is 145 Å². The first-order valence-electron chi connectivity index (χ1n) is 8.11. The SMILES string of the molecule is O=C(CN1CCCc2ccccc21)NN=Cc1ccc(C(=O)O)cc1. The maximum Gasteiger partial charge on any atom is 0.335 e. The molecule has 0 unspecified atom stereocenters. The van der Waals surface area contributed by atoms with E-state index in [4.69, 9.17) is 5.11 Å². The van der Waals surface area contributed by atoms with Crippen LogP contribution in [0.5, 0.6) is 0 Å². The molecule has 0 aromatic heterocycles. The summed E-state index contributed by atoms with van der Waals surface area (Å²) >= 11 is 0. The Kier molecular flexibility index (Phi) is 5.09. The second-order valence-corrected chi connectivity index (χ2v) is 5.87. The molecule has 25 heavy (non-hydrogen) atoms. The molecule has 0 saturated heterocycles. The van der Waals surface area contributed by atoms with Crippen LogP contribution in [0.1, 0.15) is 27.9 Å². The highest BCUT2D eigenvalue weighted by Crippen LogP contribution is 2.26.